The second-order valence-corrected chi connectivity index (χ2v) is 3.04. The minimum atomic E-state index is -0.109. The van der Waals surface area contributed by atoms with Crippen LogP contribution in [0.2, 0.25) is 0 Å². The first-order valence-corrected chi connectivity index (χ1v) is 3.79. The molecule has 0 unspecified atom stereocenters. The predicted octanol–water partition coefficient (Wildman–Crippen LogP) is 3.06. The third-order valence-electron chi connectivity index (χ3n) is 1.73. The lowest BCUT2D eigenvalue weighted by Crippen LogP contribution is -1.94. The average molecular weight is 151 g/mol. The predicted molar refractivity (Wildman–Crippen MR) is 44.1 cm³/mol. The van der Waals surface area contributed by atoms with Crippen LogP contribution in [0.25, 0.3) is 0 Å². The summed E-state index contributed by atoms with van der Waals surface area (Å²) in [6.45, 7) is 5.71. The van der Waals surface area contributed by atoms with Crippen LogP contribution in [0, 0.1) is 18.8 Å². The highest BCUT2D eigenvalue weighted by atomic mass is 19.1. The van der Waals surface area contributed by atoms with Gasteiger partial charge in [-0.25, -0.2) is 4.39 Å². The van der Waals surface area contributed by atoms with Gasteiger partial charge in [0, 0.05) is 0 Å². The fourth-order valence-corrected chi connectivity index (χ4v) is 1.03. The smallest absolute Gasteiger partial charge is 0.130 e. The first-order valence-electron chi connectivity index (χ1n) is 3.79. The van der Waals surface area contributed by atoms with E-state index in [-0.39, 0.29) is 11.7 Å². The molecule has 0 aliphatic carbocycles. The summed E-state index contributed by atoms with van der Waals surface area (Å²) in [5, 5.41) is 0. The van der Waals surface area contributed by atoms with E-state index in [1.807, 2.05) is 13.8 Å². The summed E-state index contributed by atoms with van der Waals surface area (Å²) in [4.78, 5) is 0. The Labute approximate surface area is 67.1 Å². The molecule has 0 aromatic heterocycles. The van der Waals surface area contributed by atoms with Crippen molar-refractivity contribution in [1.82, 2.24) is 0 Å². The van der Waals surface area contributed by atoms with Crippen LogP contribution in [-0.4, -0.2) is 0 Å². The molecule has 0 fully saturated rings. The van der Waals surface area contributed by atoms with E-state index in [9.17, 15) is 4.39 Å². The van der Waals surface area contributed by atoms with Gasteiger partial charge in [-0.2, -0.15) is 0 Å². The summed E-state index contributed by atoms with van der Waals surface area (Å²) >= 11 is 0. The quantitative estimate of drug-likeness (QED) is 0.578. The van der Waals surface area contributed by atoms with E-state index in [0.29, 0.717) is 11.1 Å². The zero-order valence-electron chi connectivity index (χ0n) is 7.11. The third-order valence-corrected chi connectivity index (χ3v) is 1.73. The highest BCUT2D eigenvalue weighted by Crippen LogP contribution is 2.19. The monoisotopic (exact) mass is 151 g/mol. The normalized spacial score (nSPS) is 10.6. The lowest BCUT2D eigenvalue weighted by Gasteiger charge is -2.07. The van der Waals surface area contributed by atoms with Gasteiger partial charge in [-0.05, 0) is 30.0 Å². The highest BCUT2D eigenvalue weighted by molar-refractivity contribution is 5.25. The fourth-order valence-electron chi connectivity index (χ4n) is 1.03. The molecule has 0 saturated heterocycles. The first kappa shape index (κ1) is 8.25. The van der Waals surface area contributed by atoms with Gasteiger partial charge in [-0.3, -0.25) is 0 Å². The molecule has 0 amide bonds. The summed E-state index contributed by atoms with van der Waals surface area (Å²) in [5.74, 6) is 0.109. The largest absolute Gasteiger partial charge is 0.206 e. The van der Waals surface area contributed by atoms with E-state index < -0.39 is 0 Å². The second kappa shape index (κ2) is 3.04. The Morgan fingerprint density at radius 3 is 2.55 bits per heavy atom. The van der Waals surface area contributed by atoms with Gasteiger partial charge in [-0.15, -0.1) is 0 Å². The summed E-state index contributed by atoms with van der Waals surface area (Å²) in [7, 11) is 0. The third kappa shape index (κ3) is 1.59. The first-order chi connectivity index (χ1) is 5.13. The Bertz CT molecular complexity index is 251. The lowest BCUT2D eigenvalue weighted by atomic mass is 10.0. The van der Waals surface area contributed by atoms with Crippen LogP contribution in [0.15, 0.2) is 12.1 Å². The number of rotatable bonds is 1. The number of hydrogen-bond donors (Lipinski definition) is 0. The molecule has 0 heterocycles. The van der Waals surface area contributed by atoms with Crippen molar-refractivity contribution in [2.75, 3.05) is 0 Å². The molecule has 0 nitrogen and oxygen atoms in total. The number of halogens is 1. The molecule has 0 bridgehead atoms. The molecule has 1 aromatic carbocycles. The zero-order valence-corrected chi connectivity index (χ0v) is 7.11. The number of aryl methyl sites for hydroxylation is 1. The van der Waals surface area contributed by atoms with Gasteiger partial charge in [-0.1, -0.05) is 26.0 Å². The molecule has 0 saturated carbocycles. The van der Waals surface area contributed by atoms with Crippen LogP contribution in [0.4, 0.5) is 4.39 Å². The van der Waals surface area contributed by atoms with Gasteiger partial charge in [0.2, 0.25) is 0 Å². The van der Waals surface area contributed by atoms with Gasteiger partial charge in [0.05, 0.1) is 0 Å². The summed E-state index contributed by atoms with van der Waals surface area (Å²) < 4.78 is 13.2. The van der Waals surface area contributed by atoms with E-state index in [1.165, 1.54) is 0 Å². The second-order valence-electron chi connectivity index (χ2n) is 3.04. The van der Waals surface area contributed by atoms with Crippen molar-refractivity contribution in [3.63, 3.8) is 0 Å². The SMILES string of the molecule is Cc1cc[c]c(C(C)C)c1F. The molecule has 0 N–H and O–H groups in total. The Balaban J connectivity index is 3.17. The molecule has 0 spiro atoms. The van der Waals surface area contributed by atoms with Crippen molar-refractivity contribution >= 4 is 0 Å². The molecule has 59 valence electrons. The van der Waals surface area contributed by atoms with Crippen molar-refractivity contribution in [2.45, 2.75) is 26.7 Å². The molecule has 1 rings (SSSR count). The maximum atomic E-state index is 13.2. The molecule has 1 aromatic rings. The van der Waals surface area contributed by atoms with Gasteiger partial charge >= 0.3 is 0 Å². The van der Waals surface area contributed by atoms with E-state index >= 15 is 0 Å². The van der Waals surface area contributed by atoms with Gasteiger partial charge in [0.1, 0.15) is 5.82 Å². The molecule has 0 aliphatic heterocycles. The zero-order chi connectivity index (χ0) is 8.43. The minimum Gasteiger partial charge on any atom is -0.206 e. The van der Waals surface area contributed by atoms with Crippen LogP contribution in [-0.2, 0) is 0 Å². The summed E-state index contributed by atoms with van der Waals surface area (Å²) in [6.07, 6.45) is 0. The molecule has 1 radical (unpaired) electrons. The molecule has 11 heavy (non-hydrogen) atoms. The van der Waals surface area contributed by atoms with E-state index in [4.69, 9.17) is 0 Å². The van der Waals surface area contributed by atoms with Crippen LogP contribution >= 0.6 is 0 Å². The van der Waals surface area contributed by atoms with Crippen molar-refractivity contribution < 1.29 is 4.39 Å². The van der Waals surface area contributed by atoms with Gasteiger partial charge in [0.15, 0.2) is 0 Å². The van der Waals surface area contributed by atoms with Crippen molar-refractivity contribution in [2.24, 2.45) is 0 Å². The van der Waals surface area contributed by atoms with E-state index in [2.05, 4.69) is 6.07 Å². The summed E-state index contributed by atoms with van der Waals surface area (Å²) in [5.41, 5.74) is 1.39. The topological polar surface area (TPSA) is 0 Å². The van der Waals surface area contributed by atoms with Gasteiger partial charge in [0.25, 0.3) is 0 Å². The van der Waals surface area contributed by atoms with E-state index in [0.717, 1.165) is 0 Å². The number of benzene rings is 1. The number of hydrogen-bond acceptors (Lipinski definition) is 0. The van der Waals surface area contributed by atoms with Crippen molar-refractivity contribution in [3.05, 3.63) is 35.1 Å². The maximum absolute atomic E-state index is 13.2. The standard InChI is InChI=1S/C10H12F/c1-7(2)9-6-4-5-8(3)10(9)11/h4-5,7H,1-3H3. The lowest BCUT2D eigenvalue weighted by molar-refractivity contribution is 0.589. The van der Waals surface area contributed by atoms with Gasteiger partial charge < -0.3 is 0 Å². The summed E-state index contributed by atoms with van der Waals surface area (Å²) in [6, 6.07) is 6.41. The van der Waals surface area contributed by atoms with Crippen molar-refractivity contribution in [1.29, 1.82) is 0 Å². The maximum Gasteiger partial charge on any atom is 0.130 e. The Hall–Kier alpha value is -0.850. The molecule has 0 atom stereocenters. The molecule has 1 heteroatoms. The van der Waals surface area contributed by atoms with Crippen LogP contribution in [0.3, 0.4) is 0 Å². The minimum absolute atomic E-state index is 0.109. The van der Waals surface area contributed by atoms with Crippen LogP contribution in [0.5, 0.6) is 0 Å². The van der Waals surface area contributed by atoms with Crippen LogP contribution < -0.4 is 0 Å². The Kier molecular flexibility index (Phi) is 2.28. The molecule has 0 aliphatic rings. The van der Waals surface area contributed by atoms with E-state index in [1.54, 1.807) is 19.1 Å². The highest BCUT2D eigenvalue weighted by Gasteiger charge is 2.07. The Morgan fingerprint density at radius 1 is 1.45 bits per heavy atom. The van der Waals surface area contributed by atoms with Crippen LogP contribution in [0.1, 0.15) is 30.9 Å². The molecular formula is C10H12F. The van der Waals surface area contributed by atoms with Crippen molar-refractivity contribution in [3.8, 4) is 0 Å². The fraction of sp³-hybridized carbons (Fsp3) is 0.400. The Morgan fingerprint density at radius 2 is 2.09 bits per heavy atom. The average Bonchev–Trinajstić information content (AvgIpc) is 1.94. The molecular weight excluding hydrogens is 139 g/mol.